The number of hydrogen-bond donors (Lipinski definition) is 3. The van der Waals surface area contributed by atoms with Crippen molar-refractivity contribution < 1.29 is 14.9 Å². The van der Waals surface area contributed by atoms with Crippen LogP contribution in [0.25, 0.3) is 21.6 Å². The van der Waals surface area contributed by atoms with Crippen LogP contribution in [0, 0.1) is 0 Å². The average molecular weight is 345 g/mol. The number of azide groups is 1. The third kappa shape index (κ3) is 3.32. The molecule has 3 rings (SSSR count). The molecule has 0 amide bonds. The maximum absolute atomic E-state index is 12.2. The minimum Gasteiger partial charge on any atom is -0.394 e. The van der Waals surface area contributed by atoms with Gasteiger partial charge in [-0.3, -0.25) is 14.3 Å². The molecule has 3 N–H and O–H groups in total. The van der Waals surface area contributed by atoms with Gasteiger partial charge in [0.05, 0.1) is 18.3 Å². The van der Waals surface area contributed by atoms with Crippen molar-refractivity contribution in [1.29, 1.82) is 0 Å². The van der Waals surface area contributed by atoms with Crippen LogP contribution in [0.1, 0.15) is 12.6 Å². The van der Waals surface area contributed by atoms with Crippen LogP contribution in [0.2, 0.25) is 0 Å². The molecule has 10 nitrogen and oxygen atoms in total. The van der Waals surface area contributed by atoms with Gasteiger partial charge >= 0.3 is 5.69 Å². The van der Waals surface area contributed by atoms with E-state index in [9.17, 15) is 14.7 Å². The monoisotopic (exact) mass is 345 g/mol. The third-order valence-electron chi connectivity index (χ3n) is 3.98. The van der Waals surface area contributed by atoms with Crippen LogP contribution in [0.4, 0.5) is 5.69 Å². The molecule has 0 bridgehead atoms. The molecule has 25 heavy (non-hydrogen) atoms. The molecule has 0 aliphatic carbocycles. The largest absolute Gasteiger partial charge is 0.394 e. The Labute approximate surface area is 140 Å². The predicted molar refractivity (Wildman–Crippen MR) is 87.2 cm³/mol. The number of aliphatic hydroxyl groups is 2. The molecule has 0 radical (unpaired) electrons. The molecule has 0 saturated carbocycles. The van der Waals surface area contributed by atoms with E-state index in [0.717, 1.165) is 4.57 Å². The summed E-state index contributed by atoms with van der Waals surface area (Å²) >= 11 is 0. The maximum Gasteiger partial charge on any atom is 0.330 e. The van der Waals surface area contributed by atoms with Crippen LogP contribution < -0.4 is 11.2 Å². The summed E-state index contributed by atoms with van der Waals surface area (Å²) in [5.41, 5.74) is 8.19. The first-order chi connectivity index (χ1) is 12.0. The second-order valence-corrected chi connectivity index (χ2v) is 5.56. The molecule has 3 atom stereocenters. The fourth-order valence-electron chi connectivity index (χ4n) is 2.74. The number of H-pyrrole nitrogens is 1. The summed E-state index contributed by atoms with van der Waals surface area (Å²) in [4.78, 5) is 29.2. The summed E-state index contributed by atoms with van der Waals surface area (Å²) in [6.07, 6.45) is -1.08. The Morgan fingerprint density at radius 2 is 2.24 bits per heavy atom. The molecule has 0 unspecified atom stereocenters. The number of ether oxygens (including phenoxy) is 1. The molecular formula is C15H15N5O5. The number of hydrogen-bond acceptors (Lipinski definition) is 6. The van der Waals surface area contributed by atoms with Gasteiger partial charge < -0.3 is 14.9 Å². The van der Waals surface area contributed by atoms with E-state index in [4.69, 9.17) is 15.4 Å². The van der Waals surface area contributed by atoms with E-state index < -0.39 is 29.7 Å². The molecular weight excluding hydrogens is 330 g/mol. The van der Waals surface area contributed by atoms with E-state index in [1.807, 2.05) is 0 Å². The molecule has 1 aliphatic rings. The lowest BCUT2D eigenvalue weighted by atomic mass is 10.1. The van der Waals surface area contributed by atoms with Crippen molar-refractivity contribution in [2.75, 3.05) is 6.61 Å². The second kappa shape index (κ2) is 6.91. The first kappa shape index (κ1) is 16.9. The van der Waals surface area contributed by atoms with Crippen LogP contribution >= 0.6 is 0 Å². The molecule has 10 heteroatoms. The number of nitrogens with one attached hydrogen (secondary N) is 1. The predicted octanol–water partition coefficient (Wildman–Crippen LogP) is 0.786. The SMILES string of the molecule is [N-]=[N+]=Nc1cccc(-c2cn([C@@H]3C[C@H](O)[C@@H](CO)O3)c(=O)[nH]c2=O)c1. The lowest BCUT2D eigenvalue weighted by Gasteiger charge is -2.15. The fourth-order valence-corrected chi connectivity index (χ4v) is 2.74. The Kier molecular flexibility index (Phi) is 4.68. The van der Waals surface area contributed by atoms with E-state index in [1.165, 1.54) is 12.3 Å². The topological polar surface area (TPSA) is 153 Å². The molecule has 130 valence electrons. The van der Waals surface area contributed by atoms with Gasteiger partial charge in [-0.05, 0) is 17.2 Å². The summed E-state index contributed by atoms with van der Waals surface area (Å²) in [6.45, 7) is -0.378. The van der Waals surface area contributed by atoms with Gasteiger partial charge in [0, 0.05) is 23.2 Å². The van der Waals surface area contributed by atoms with Gasteiger partial charge in [-0.1, -0.05) is 23.3 Å². The van der Waals surface area contributed by atoms with Gasteiger partial charge in [0.25, 0.3) is 5.56 Å². The van der Waals surface area contributed by atoms with Gasteiger partial charge in [-0.2, -0.15) is 0 Å². The van der Waals surface area contributed by atoms with E-state index in [-0.39, 0.29) is 18.6 Å². The quantitative estimate of drug-likeness (QED) is 0.424. The lowest BCUT2D eigenvalue weighted by molar-refractivity contribution is -0.0458. The minimum absolute atomic E-state index is 0.107. The second-order valence-electron chi connectivity index (χ2n) is 5.56. The van der Waals surface area contributed by atoms with Crippen molar-refractivity contribution in [3.05, 3.63) is 61.7 Å². The van der Waals surface area contributed by atoms with Crippen molar-refractivity contribution in [3.8, 4) is 11.1 Å². The Morgan fingerprint density at radius 1 is 1.44 bits per heavy atom. The summed E-state index contributed by atoms with van der Waals surface area (Å²) in [6, 6.07) is 6.35. The van der Waals surface area contributed by atoms with Gasteiger partial charge in [0.15, 0.2) is 0 Å². The average Bonchev–Trinajstić information content (AvgIpc) is 2.96. The zero-order valence-corrected chi connectivity index (χ0v) is 12.9. The highest BCUT2D eigenvalue weighted by Gasteiger charge is 2.35. The molecule has 1 saturated heterocycles. The fraction of sp³-hybridized carbons (Fsp3) is 0.333. The molecule has 1 aliphatic heterocycles. The Balaban J connectivity index is 2.05. The zero-order chi connectivity index (χ0) is 18.0. The normalized spacial score (nSPS) is 22.6. The van der Waals surface area contributed by atoms with E-state index in [2.05, 4.69) is 15.0 Å². The molecule has 1 aromatic heterocycles. The Hall–Kier alpha value is -2.91. The minimum atomic E-state index is -0.912. The zero-order valence-electron chi connectivity index (χ0n) is 12.9. The van der Waals surface area contributed by atoms with Crippen molar-refractivity contribution in [1.82, 2.24) is 9.55 Å². The van der Waals surface area contributed by atoms with Crippen molar-refractivity contribution in [3.63, 3.8) is 0 Å². The van der Waals surface area contributed by atoms with Crippen LogP contribution in [-0.4, -0.2) is 38.6 Å². The molecule has 0 spiro atoms. The summed E-state index contributed by atoms with van der Waals surface area (Å²) in [5, 5.41) is 22.5. The maximum atomic E-state index is 12.2. The number of benzene rings is 1. The highest BCUT2D eigenvalue weighted by molar-refractivity contribution is 5.65. The lowest BCUT2D eigenvalue weighted by Crippen LogP contribution is -2.33. The van der Waals surface area contributed by atoms with Gasteiger partial charge in [-0.25, -0.2) is 4.79 Å². The Bertz CT molecular complexity index is 946. The molecule has 2 heterocycles. The summed E-state index contributed by atoms with van der Waals surface area (Å²) in [5.74, 6) is 0. The van der Waals surface area contributed by atoms with E-state index >= 15 is 0 Å². The van der Waals surface area contributed by atoms with E-state index in [1.54, 1.807) is 18.2 Å². The highest BCUT2D eigenvalue weighted by atomic mass is 16.5. The van der Waals surface area contributed by atoms with Gasteiger partial charge in [0.1, 0.15) is 12.3 Å². The molecule has 1 aromatic carbocycles. The van der Waals surface area contributed by atoms with Crippen LogP contribution in [0.3, 0.4) is 0 Å². The Morgan fingerprint density at radius 3 is 2.92 bits per heavy atom. The number of aromatic nitrogens is 2. The van der Waals surface area contributed by atoms with E-state index in [0.29, 0.717) is 11.3 Å². The number of aromatic amines is 1. The number of aliphatic hydroxyl groups excluding tert-OH is 2. The smallest absolute Gasteiger partial charge is 0.330 e. The van der Waals surface area contributed by atoms with Crippen molar-refractivity contribution in [2.45, 2.75) is 24.9 Å². The third-order valence-corrected chi connectivity index (χ3v) is 3.98. The van der Waals surface area contributed by atoms with Crippen LogP contribution in [0.15, 0.2) is 45.2 Å². The number of nitrogens with zero attached hydrogens (tertiary/aromatic N) is 4. The summed E-state index contributed by atoms with van der Waals surface area (Å²) < 4.78 is 6.62. The van der Waals surface area contributed by atoms with Crippen molar-refractivity contribution >= 4 is 5.69 Å². The first-order valence-electron chi connectivity index (χ1n) is 7.49. The first-order valence-corrected chi connectivity index (χ1v) is 7.49. The molecule has 1 fully saturated rings. The van der Waals surface area contributed by atoms with Crippen LogP contribution in [0.5, 0.6) is 0 Å². The van der Waals surface area contributed by atoms with Gasteiger partial charge in [-0.15, -0.1) is 0 Å². The van der Waals surface area contributed by atoms with Crippen molar-refractivity contribution in [2.24, 2.45) is 5.11 Å². The summed E-state index contributed by atoms with van der Waals surface area (Å²) in [7, 11) is 0. The van der Waals surface area contributed by atoms with Gasteiger partial charge in [0.2, 0.25) is 0 Å². The highest BCUT2D eigenvalue weighted by Crippen LogP contribution is 2.28. The van der Waals surface area contributed by atoms with Crippen LogP contribution in [-0.2, 0) is 4.74 Å². The number of rotatable bonds is 4. The molecule has 2 aromatic rings. The standard InChI is InChI=1S/C15H15N5O5/c16-19-18-9-3-1-2-8(4-9)10-6-20(15(24)17-14(10)23)13-5-11(22)12(7-21)25-13/h1-4,6,11-13,21-22H,5,7H2,(H,17,23,24)/t11-,12+,13-/m0/s1.